The van der Waals surface area contributed by atoms with E-state index in [-0.39, 0.29) is 23.6 Å². The van der Waals surface area contributed by atoms with Crippen LogP contribution in [0.3, 0.4) is 0 Å². The first-order chi connectivity index (χ1) is 17.5. The predicted molar refractivity (Wildman–Crippen MR) is 146 cm³/mol. The van der Waals surface area contributed by atoms with Gasteiger partial charge in [-0.05, 0) is 73.6 Å². The molecule has 0 bridgehead atoms. The third kappa shape index (κ3) is 6.58. The molecule has 2 N–H and O–H groups in total. The summed E-state index contributed by atoms with van der Waals surface area (Å²) in [6.45, 7) is 10.9. The number of hydrogen-bond donors (Lipinski definition) is 2. The Morgan fingerprint density at radius 3 is 2.62 bits per heavy atom. The van der Waals surface area contributed by atoms with Gasteiger partial charge in [-0.15, -0.1) is 0 Å². The Morgan fingerprint density at radius 1 is 1.22 bits per heavy atom. The van der Waals surface area contributed by atoms with Crippen molar-refractivity contribution < 1.29 is 19.2 Å². The van der Waals surface area contributed by atoms with E-state index >= 15 is 0 Å². The van der Waals surface area contributed by atoms with Crippen LogP contribution < -0.4 is 20.6 Å². The average Bonchev–Trinajstić information content (AvgIpc) is 3.49. The van der Waals surface area contributed by atoms with Crippen molar-refractivity contribution in [3.8, 4) is 0 Å². The molecule has 1 unspecified atom stereocenters. The molecule has 1 fully saturated rings. The summed E-state index contributed by atoms with van der Waals surface area (Å²) in [6.07, 6.45) is 2.26. The Morgan fingerprint density at radius 2 is 2.00 bits per heavy atom. The van der Waals surface area contributed by atoms with Gasteiger partial charge in [0, 0.05) is 19.4 Å². The molecule has 4 rings (SSSR count). The number of hydrogen-bond acceptors (Lipinski definition) is 6. The number of nitrogens with one attached hydrogen (secondary N) is 2. The van der Waals surface area contributed by atoms with E-state index in [0.717, 1.165) is 28.9 Å². The van der Waals surface area contributed by atoms with Crippen molar-refractivity contribution in [2.45, 2.75) is 84.5 Å². The molecule has 2 atom stereocenters. The zero-order chi connectivity index (χ0) is 26.7. The van der Waals surface area contributed by atoms with Crippen LogP contribution in [0.15, 0.2) is 35.0 Å². The summed E-state index contributed by atoms with van der Waals surface area (Å²) in [6, 6.07) is 6.52. The van der Waals surface area contributed by atoms with Gasteiger partial charge >= 0.3 is 0 Å². The normalized spacial score (nSPS) is 18.9. The molecule has 0 spiro atoms. The smallest absolute Gasteiger partial charge is 0.250 e. The molecule has 200 valence electrons. The molecule has 8 nitrogen and oxygen atoms in total. The Bertz CT molecular complexity index is 1130. The Balaban J connectivity index is 1.63. The number of amides is 3. The highest BCUT2D eigenvalue weighted by molar-refractivity contribution is 7.07. The van der Waals surface area contributed by atoms with E-state index in [0.29, 0.717) is 32.4 Å². The van der Waals surface area contributed by atoms with Crippen LogP contribution in [0.4, 0.5) is 11.4 Å². The van der Waals surface area contributed by atoms with Crippen LogP contribution in [0.2, 0.25) is 0 Å². The lowest BCUT2D eigenvalue weighted by Gasteiger charge is -2.37. The second kappa shape index (κ2) is 11.3. The lowest BCUT2D eigenvalue weighted by atomic mass is 9.94. The molecule has 37 heavy (non-hydrogen) atoms. The zero-order valence-electron chi connectivity index (χ0n) is 22.4. The highest BCUT2D eigenvalue weighted by Gasteiger charge is 2.38. The van der Waals surface area contributed by atoms with E-state index < -0.39 is 17.7 Å². The maximum atomic E-state index is 13.9. The van der Waals surface area contributed by atoms with Crippen LogP contribution in [-0.4, -0.2) is 42.0 Å². The molecule has 0 aliphatic carbocycles. The molecule has 0 radical (unpaired) electrons. The van der Waals surface area contributed by atoms with Gasteiger partial charge in [-0.2, -0.15) is 16.8 Å². The largest absolute Gasteiger partial charge is 0.343 e. The SMILES string of the molecule is CC(C)C[C@H](NOC(C)(C)C)C(=O)NC1Cc2cccc(N3CCCC3=O)c2N(Cc2ccsc2)C1=O. The molecule has 2 aliphatic heterocycles. The van der Waals surface area contributed by atoms with Crippen molar-refractivity contribution in [3.05, 3.63) is 46.2 Å². The standard InChI is InChI=1S/C28H38N4O4S/c1-18(2)14-21(30-36-28(3,4)5)26(34)29-22-15-20-8-6-9-23(31-12-7-10-24(31)33)25(20)32(27(22)35)16-19-11-13-37-17-19/h6,8-9,11,13,17-18,21-22,30H,7,10,12,14-16H2,1-5H3,(H,29,34)/t21-,22?/m0/s1. The van der Waals surface area contributed by atoms with E-state index in [1.165, 1.54) is 0 Å². The molecule has 2 aliphatic rings. The summed E-state index contributed by atoms with van der Waals surface area (Å²) < 4.78 is 0. The third-order valence-electron chi connectivity index (χ3n) is 6.49. The van der Waals surface area contributed by atoms with Crippen molar-refractivity contribution in [1.29, 1.82) is 0 Å². The van der Waals surface area contributed by atoms with Gasteiger partial charge in [0.25, 0.3) is 0 Å². The van der Waals surface area contributed by atoms with E-state index in [2.05, 4.69) is 10.8 Å². The van der Waals surface area contributed by atoms with Gasteiger partial charge in [0.1, 0.15) is 12.1 Å². The highest BCUT2D eigenvalue weighted by Crippen LogP contribution is 2.40. The van der Waals surface area contributed by atoms with Crippen molar-refractivity contribution in [2.75, 3.05) is 16.3 Å². The number of fused-ring (bicyclic) bond motifs is 1. The number of anilines is 2. The van der Waals surface area contributed by atoms with E-state index in [9.17, 15) is 14.4 Å². The van der Waals surface area contributed by atoms with Gasteiger partial charge in [0.2, 0.25) is 17.7 Å². The summed E-state index contributed by atoms with van der Waals surface area (Å²) >= 11 is 1.57. The number of benzene rings is 1. The first kappa shape index (κ1) is 27.3. The number of hydroxylamine groups is 1. The fourth-order valence-electron chi connectivity index (χ4n) is 4.82. The monoisotopic (exact) mass is 526 g/mol. The topological polar surface area (TPSA) is 91.0 Å². The average molecular weight is 527 g/mol. The lowest BCUT2D eigenvalue weighted by Crippen LogP contribution is -2.57. The van der Waals surface area contributed by atoms with Crippen LogP contribution in [0.1, 0.15) is 65.0 Å². The number of rotatable bonds is 9. The molecule has 1 saturated heterocycles. The number of nitrogens with zero attached hydrogens (tertiary/aromatic N) is 2. The van der Waals surface area contributed by atoms with Crippen LogP contribution in [-0.2, 0) is 32.2 Å². The van der Waals surface area contributed by atoms with Gasteiger partial charge in [-0.3, -0.25) is 19.2 Å². The maximum absolute atomic E-state index is 13.9. The minimum Gasteiger partial charge on any atom is -0.343 e. The minimum atomic E-state index is -0.714. The van der Waals surface area contributed by atoms with Crippen molar-refractivity contribution in [1.82, 2.24) is 10.8 Å². The second-order valence-corrected chi connectivity index (χ2v) is 12.0. The fourth-order valence-corrected chi connectivity index (χ4v) is 5.48. The lowest BCUT2D eigenvalue weighted by molar-refractivity contribution is -0.138. The van der Waals surface area contributed by atoms with Gasteiger partial charge in [0.15, 0.2) is 0 Å². The van der Waals surface area contributed by atoms with Crippen molar-refractivity contribution >= 4 is 40.4 Å². The first-order valence-corrected chi connectivity index (χ1v) is 14.0. The zero-order valence-corrected chi connectivity index (χ0v) is 23.2. The molecular weight excluding hydrogens is 488 g/mol. The Labute approximate surface area is 223 Å². The molecule has 1 aromatic carbocycles. The number of carbonyl (C=O) groups excluding carboxylic acids is 3. The van der Waals surface area contributed by atoms with Crippen molar-refractivity contribution in [3.63, 3.8) is 0 Å². The van der Waals surface area contributed by atoms with Gasteiger partial charge in [0.05, 0.1) is 23.5 Å². The molecular formula is C28H38N4O4S. The number of carbonyl (C=O) groups is 3. The van der Waals surface area contributed by atoms with Crippen LogP contribution in [0.25, 0.3) is 0 Å². The maximum Gasteiger partial charge on any atom is 0.250 e. The molecule has 3 heterocycles. The van der Waals surface area contributed by atoms with Crippen LogP contribution in [0, 0.1) is 5.92 Å². The second-order valence-electron chi connectivity index (χ2n) is 11.3. The Hall–Kier alpha value is -2.75. The van der Waals surface area contributed by atoms with Crippen LogP contribution >= 0.6 is 11.3 Å². The van der Waals surface area contributed by atoms with Gasteiger partial charge in [-0.25, -0.2) is 0 Å². The summed E-state index contributed by atoms with van der Waals surface area (Å²) in [7, 11) is 0. The molecule has 9 heteroatoms. The molecule has 0 saturated carbocycles. The van der Waals surface area contributed by atoms with Crippen molar-refractivity contribution in [2.24, 2.45) is 5.92 Å². The molecule has 3 amide bonds. The predicted octanol–water partition coefficient (Wildman–Crippen LogP) is 4.18. The third-order valence-corrected chi connectivity index (χ3v) is 7.22. The number of para-hydroxylation sites is 1. The van der Waals surface area contributed by atoms with E-state index in [1.54, 1.807) is 21.1 Å². The summed E-state index contributed by atoms with van der Waals surface area (Å²) in [5, 5.41) is 7.01. The molecule has 2 aromatic rings. The highest BCUT2D eigenvalue weighted by atomic mass is 32.1. The quantitative estimate of drug-likeness (QED) is 0.479. The van der Waals surface area contributed by atoms with E-state index in [1.807, 2.05) is 69.6 Å². The number of thiophene rings is 1. The first-order valence-electron chi connectivity index (χ1n) is 13.0. The van der Waals surface area contributed by atoms with E-state index in [4.69, 9.17) is 4.84 Å². The summed E-state index contributed by atoms with van der Waals surface area (Å²) in [5.41, 5.74) is 5.96. The van der Waals surface area contributed by atoms with Gasteiger partial charge < -0.3 is 15.1 Å². The summed E-state index contributed by atoms with van der Waals surface area (Å²) in [5.74, 6) is -0.106. The van der Waals surface area contributed by atoms with Gasteiger partial charge in [-0.1, -0.05) is 26.0 Å². The Kier molecular flexibility index (Phi) is 8.36. The minimum absolute atomic E-state index is 0.0770. The molecule has 1 aromatic heterocycles. The summed E-state index contributed by atoms with van der Waals surface area (Å²) in [4.78, 5) is 49.2. The van der Waals surface area contributed by atoms with Crippen LogP contribution in [0.5, 0.6) is 0 Å². The fraction of sp³-hybridized carbons (Fsp3) is 0.536.